The van der Waals surface area contributed by atoms with Crippen LogP contribution in [0.25, 0.3) is 0 Å². The monoisotopic (exact) mass is 377 g/mol. The highest BCUT2D eigenvalue weighted by molar-refractivity contribution is 5.03. The van der Waals surface area contributed by atoms with Gasteiger partial charge in [-0.3, -0.25) is 4.48 Å². The van der Waals surface area contributed by atoms with Crippen LogP contribution in [0.3, 0.4) is 0 Å². The molecular weight excluding hydrogens is 345 g/mol. The van der Waals surface area contributed by atoms with E-state index >= 15 is 0 Å². The van der Waals surface area contributed by atoms with E-state index in [0.29, 0.717) is 0 Å². The maximum atomic E-state index is 2.34. The lowest BCUT2D eigenvalue weighted by atomic mass is 10.1. The van der Waals surface area contributed by atoms with Gasteiger partial charge in [0.1, 0.15) is 6.54 Å². The fraction of sp³-hybridized carbons (Fsp3) is 0.765. The quantitative estimate of drug-likeness (QED) is 0.311. The molecule has 0 aromatic heterocycles. The minimum absolute atomic E-state index is 0. The van der Waals surface area contributed by atoms with E-state index in [1.54, 1.807) is 0 Å². The zero-order chi connectivity index (χ0) is 13.1. The smallest absolute Gasteiger partial charge is 0.102 e. The maximum absolute atomic E-state index is 2.34. The molecule has 1 rings (SSSR count). The van der Waals surface area contributed by atoms with E-state index in [1.807, 2.05) is 0 Å². The fourth-order valence-corrected chi connectivity index (χ4v) is 2.65. The largest absolute Gasteiger partial charge is 1.00 e. The molecule has 0 saturated heterocycles. The van der Waals surface area contributed by atoms with Crippen molar-refractivity contribution in [2.45, 2.75) is 64.7 Å². The first-order valence-corrected chi connectivity index (χ1v) is 7.95. The molecule has 19 heavy (non-hydrogen) atoms. The summed E-state index contributed by atoms with van der Waals surface area (Å²) in [6.45, 7) is 4.76. The zero-order valence-corrected chi connectivity index (χ0v) is 15.1. The van der Waals surface area contributed by atoms with Crippen LogP contribution in [0, 0.1) is 0 Å². The second-order valence-electron chi connectivity index (χ2n) is 5.98. The van der Waals surface area contributed by atoms with Gasteiger partial charge >= 0.3 is 0 Å². The Morgan fingerprint density at radius 3 is 1.95 bits per heavy atom. The lowest BCUT2D eigenvalue weighted by molar-refractivity contribution is -0.854. The highest BCUT2D eigenvalue weighted by Crippen LogP contribution is 2.14. The van der Waals surface area contributed by atoms with Crippen molar-refractivity contribution in [3.8, 4) is 0 Å². The molecule has 0 aromatic rings. The van der Waals surface area contributed by atoms with Crippen molar-refractivity contribution < 1.29 is 28.5 Å². The van der Waals surface area contributed by atoms with Crippen LogP contribution in [0.2, 0.25) is 0 Å². The van der Waals surface area contributed by atoms with Gasteiger partial charge in [0.2, 0.25) is 0 Å². The first kappa shape index (κ1) is 19.2. The first-order valence-electron chi connectivity index (χ1n) is 7.95. The summed E-state index contributed by atoms with van der Waals surface area (Å²) in [4.78, 5) is 0. The molecule has 1 unspecified atom stereocenters. The Morgan fingerprint density at radius 2 is 1.42 bits per heavy atom. The zero-order valence-electron chi connectivity index (χ0n) is 12.9. The predicted molar refractivity (Wildman–Crippen MR) is 81.4 cm³/mol. The van der Waals surface area contributed by atoms with Gasteiger partial charge in [-0.2, -0.15) is 0 Å². The molecule has 0 aliphatic carbocycles. The number of quaternary nitrogens is 1. The van der Waals surface area contributed by atoms with E-state index in [2.05, 4.69) is 38.4 Å². The van der Waals surface area contributed by atoms with Crippen LogP contribution < -0.4 is 24.0 Å². The standard InChI is InChI=1S/C17H32N.HI/c1-3-4-5-6-7-8-9-10-12-15-18(2)16-13-11-14-17-18;/h11,13-14,16H,3-10,12,15,17H2,1-2H3;1H/q+1;/p-1. The predicted octanol–water partition coefficient (Wildman–Crippen LogP) is 2.05. The highest BCUT2D eigenvalue weighted by Gasteiger charge is 2.17. The summed E-state index contributed by atoms with van der Waals surface area (Å²) >= 11 is 0. The van der Waals surface area contributed by atoms with Crippen molar-refractivity contribution in [2.24, 2.45) is 0 Å². The van der Waals surface area contributed by atoms with Gasteiger partial charge in [0.25, 0.3) is 0 Å². The van der Waals surface area contributed by atoms with Crippen molar-refractivity contribution in [3.05, 3.63) is 24.4 Å². The summed E-state index contributed by atoms with van der Waals surface area (Å²) in [6.07, 6.45) is 21.8. The Kier molecular flexibility index (Phi) is 12.1. The van der Waals surface area contributed by atoms with E-state index in [-0.39, 0.29) is 24.0 Å². The third-order valence-electron chi connectivity index (χ3n) is 3.99. The fourth-order valence-electron chi connectivity index (χ4n) is 2.65. The molecule has 0 bridgehead atoms. The van der Waals surface area contributed by atoms with Crippen LogP contribution in [0.15, 0.2) is 24.4 Å². The minimum atomic E-state index is 0. The van der Waals surface area contributed by atoms with E-state index in [0.717, 1.165) is 4.48 Å². The van der Waals surface area contributed by atoms with Gasteiger partial charge in [-0.05, 0) is 25.0 Å². The molecule has 0 fully saturated rings. The molecule has 1 atom stereocenters. The van der Waals surface area contributed by atoms with Crippen LogP contribution in [0.5, 0.6) is 0 Å². The highest BCUT2D eigenvalue weighted by atomic mass is 127. The first-order chi connectivity index (χ1) is 8.77. The van der Waals surface area contributed by atoms with Crippen LogP contribution in [0.4, 0.5) is 0 Å². The van der Waals surface area contributed by atoms with Gasteiger partial charge in [0.15, 0.2) is 0 Å². The van der Waals surface area contributed by atoms with Gasteiger partial charge in [-0.15, -0.1) is 0 Å². The van der Waals surface area contributed by atoms with Gasteiger partial charge < -0.3 is 24.0 Å². The summed E-state index contributed by atoms with van der Waals surface area (Å²) < 4.78 is 1.10. The second kappa shape index (κ2) is 12.0. The topological polar surface area (TPSA) is 0 Å². The molecule has 0 amide bonds. The summed E-state index contributed by atoms with van der Waals surface area (Å²) in [5, 5.41) is 0. The van der Waals surface area contributed by atoms with Gasteiger partial charge in [-0.25, -0.2) is 0 Å². The van der Waals surface area contributed by atoms with Gasteiger partial charge in [0.05, 0.1) is 19.8 Å². The maximum Gasteiger partial charge on any atom is 0.102 e. The molecule has 0 aromatic carbocycles. The van der Waals surface area contributed by atoms with E-state index in [9.17, 15) is 0 Å². The van der Waals surface area contributed by atoms with E-state index < -0.39 is 0 Å². The molecule has 1 nitrogen and oxygen atoms in total. The summed E-state index contributed by atoms with van der Waals surface area (Å²) in [7, 11) is 2.34. The number of likely N-dealkylation sites (N-methyl/N-ethyl adjacent to an activating group) is 1. The van der Waals surface area contributed by atoms with Crippen molar-refractivity contribution in [1.82, 2.24) is 0 Å². The number of allylic oxidation sites excluding steroid dienone is 2. The number of hydrogen-bond acceptors (Lipinski definition) is 0. The lowest BCUT2D eigenvalue weighted by Gasteiger charge is -2.30. The molecule has 1 heterocycles. The molecule has 112 valence electrons. The molecule has 0 N–H and O–H groups in total. The molecule has 0 saturated carbocycles. The van der Waals surface area contributed by atoms with Crippen LogP contribution >= 0.6 is 0 Å². The third kappa shape index (κ3) is 9.67. The summed E-state index contributed by atoms with van der Waals surface area (Å²) in [5.74, 6) is 0. The molecule has 1 aliphatic heterocycles. The average molecular weight is 377 g/mol. The van der Waals surface area contributed by atoms with Crippen molar-refractivity contribution in [1.29, 1.82) is 0 Å². The number of nitrogens with zero attached hydrogens (tertiary/aromatic N) is 1. The Hall–Kier alpha value is 0.170. The third-order valence-corrected chi connectivity index (χ3v) is 3.99. The Bertz CT molecular complexity index is 260. The van der Waals surface area contributed by atoms with Crippen LogP contribution in [-0.4, -0.2) is 24.6 Å². The number of rotatable bonds is 10. The van der Waals surface area contributed by atoms with Crippen LogP contribution in [0.1, 0.15) is 64.7 Å². The summed E-state index contributed by atoms with van der Waals surface area (Å²) in [6, 6.07) is 0. The lowest BCUT2D eigenvalue weighted by Crippen LogP contribution is -3.00. The normalized spacial score (nSPS) is 21.4. The van der Waals surface area contributed by atoms with Crippen LogP contribution in [-0.2, 0) is 0 Å². The number of halogens is 1. The second-order valence-corrected chi connectivity index (χ2v) is 5.98. The van der Waals surface area contributed by atoms with Crippen molar-refractivity contribution >= 4 is 0 Å². The van der Waals surface area contributed by atoms with Gasteiger partial charge in [-0.1, -0.05) is 57.9 Å². The molecule has 0 spiro atoms. The number of hydrogen-bond donors (Lipinski definition) is 0. The SMILES string of the molecule is CCCCCCCCCCC[N+]1(C)C=CC=CC1.[I-]. The van der Waals surface area contributed by atoms with E-state index in [4.69, 9.17) is 0 Å². The summed E-state index contributed by atoms with van der Waals surface area (Å²) in [5.41, 5.74) is 0. The Labute approximate surface area is 137 Å². The minimum Gasteiger partial charge on any atom is -1.00 e. The van der Waals surface area contributed by atoms with Crippen molar-refractivity contribution in [2.75, 3.05) is 20.1 Å². The van der Waals surface area contributed by atoms with Crippen molar-refractivity contribution in [3.63, 3.8) is 0 Å². The molecule has 1 aliphatic rings. The molecular formula is C17H32IN. The average Bonchev–Trinajstić information content (AvgIpc) is 2.38. The Morgan fingerprint density at radius 1 is 0.842 bits per heavy atom. The number of unbranched alkanes of at least 4 members (excludes halogenated alkanes) is 8. The van der Waals surface area contributed by atoms with E-state index in [1.165, 1.54) is 70.9 Å². The van der Waals surface area contributed by atoms with Gasteiger partial charge in [0, 0.05) is 0 Å². The Balaban J connectivity index is 0.00000324. The molecule has 2 heteroatoms. The molecule has 0 radical (unpaired) electrons.